The molecule has 0 radical (unpaired) electrons. The summed E-state index contributed by atoms with van der Waals surface area (Å²) in [4.78, 5) is 24.4. The molecule has 0 saturated heterocycles. The molecule has 6 heteroatoms. The number of ether oxygens (including phenoxy) is 2. The molecule has 1 aromatic heterocycles. The highest BCUT2D eigenvalue weighted by molar-refractivity contribution is 7.12. The average Bonchev–Trinajstić information content (AvgIpc) is 3.12. The summed E-state index contributed by atoms with van der Waals surface area (Å²) in [6.45, 7) is 0.381. The molecule has 1 amide bonds. The molecule has 0 bridgehead atoms. The minimum Gasteiger partial charge on any atom is -0.493 e. The fraction of sp³-hybridized carbons (Fsp3) is 0.294. The molecule has 0 saturated carbocycles. The molecule has 0 fully saturated rings. The minimum absolute atomic E-state index is 0.00117. The smallest absolute Gasteiger partial charge is 0.220 e. The van der Waals surface area contributed by atoms with Gasteiger partial charge in [0.05, 0.1) is 19.1 Å². The zero-order valence-electron chi connectivity index (χ0n) is 13.1. The Morgan fingerprint density at radius 3 is 2.52 bits per heavy atom. The van der Waals surface area contributed by atoms with E-state index in [1.54, 1.807) is 26.4 Å². The predicted molar refractivity (Wildman–Crippen MR) is 89.3 cm³/mol. The highest BCUT2D eigenvalue weighted by atomic mass is 32.1. The number of amides is 1. The van der Waals surface area contributed by atoms with Crippen LogP contribution in [0.3, 0.4) is 0 Å². The van der Waals surface area contributed by atoms with E-state index in [1.165, 1.54) is 11.3 Å². The number of rotatable bonds is 8. The first-order valence-corrected chi connectivity index (χ1v) is 8.06. The Bertz CT molecular complexity index is 667. The van der Waals surface area contributed by atoms with Crippen LogP contribution in [0.1, 0.15) is 28.1 Å². The second kappa shape index (κ2) is 8.33. The van der Waals surface area contributed by atoms with Crippen LogP contribution in [0.15, 0.2) is 35.7 Å². The van der Waals surface area contributed by atoms with E-state index in [0.29, 0.717) is 22.9 Å². The van der Waals surface area contributed by atoms with Gasteiger partial charge >= 0.3 is 0 Å². The number of hydrogen-bond donors (Lipinski definition) is 1. The third kappa shape index (κ3) is 4.82. The lowest BCUT2D eigenvalue weighted by Gasteiger charge is -2.10. The van der Waals surface area contributed by atoms with Gasteiger partial charge in [0.15, 0.2) is 17.3 Å². The largest absolute Gasteiger partial charge is 0.493 e. The first-order chi connectivity index (χ1) is 11.1. The summed E-state index contributed by atoms with van der Waals surface area (Å²) >= 11 is 1.39. The van der Waals surface area contributed by atoms with Gasteiger partial charge in [0.2, 0.25) is 5.91 Å². The number of Topliss-reactive ketones (excluding diaryl/α,β-unsaturated/α-hetero) is 1. The SMILES string of the molecule is COc1ccc(CNC(=O)CCC(=O)c2cccs2)cc1OC. The van der Waals surface area contributed by atoms with Gasteiger partial charge in [0.1, 0.15) is 0 Å². The topological polar surface area (TPSA) is 64.6 Å². The summed E-state index contributed by atoms with van der Waals surface area (Å²) in [5, 5.41) is 4.66. The fourth-order valence-electron chi connectivity index (χ4n) is 2.07. The number of benzene rings is 1. The lowest BCUT2D eigenvalue weighted by Crippen LogP contribution is -2.23. The molecule has 0 aliphatic heterocycles. The van der Waals surface area contributed by atoms with Crippen LogP contribution in [0, 0.1) is 0 Å². The van der Waals surface area contributed by atoms with Gasteiger partial charge in [-0.2, -0.15) is 0 Å². The highest BCUT2D eigenvalue weighted by Crippen LogP contribution is 2.27. The maximum atomic E-state index is 11.9. The molecule has 122 valence electrons. The van der Waals surface area contributed by atoms with Crippen molar-refractivity contribution in [2.24, 2.45) is 0 Å². The summed E-state index contributed by atoms with van der Waals surface area (Å²) in [5.74, 6) is 1.11. The molecule has 1 aromatic carbocycles. The zero-order valence-corrected chi connectivity index (χ0v) is 13.9. The van der Waals surface area contributed by atoms with Crippen molar-refractivity contribution in [1.82, 2.24) is 5.32 Å². The van der Waals surface area contributed by atoms with Crippen LogP contribution in [0.5, 0.6) is 11.5 Å². The van der Waals surface area contributed by atoms with E-state index in [-0.39, 0.29) is 24.5 Å². The number of carbonyl (C=O) groups is 2. The summed E-state index contributed by atoms with van der Waals surface area (Å²) < 4.78 is 10.4. The highest BCUT2D eigenvalue weighted by Gasteiger charge is 2.10. The molecule has 0 aliphatic rings. The van der Waals surface area contributed by atoms with Gasteiger partial charge in [-0.15, -0.1) is 11.3 Å². The van der Waals surface area contributed by atoms with Gasteiger partial charge in [-0.25, -0.2) is 0 Å². The van der Waals surface area contributed by atoms with Crippen molar-refractivity contribution in [2.75, 3.05) is 14.2 Å². The van der Waals surface area contributed by atoms with Crippen LogP contribution < -0.4 is 14.8 Å². The third-order valence-corrected chi connectivity index (χ3v) is 4.22. The number of methoxy groups -OCH3 is 2. The molecule has 1 N–H and O–H groups in total. The first-order valence-electron chi connectivity index (χ1n) is 7.18. The Kier molecular flexibility index (Phi) is 6.17. The van der Waals surface area contributed by atoms with E-state index < -0.39 is 0 Å². The van der Waals surface area contributed by atoms with E-state index in [2.05, 4.69) is 5.32 Å². The van der Waals surface area contributed by atoms with Crippen molar-refractivity contribution >= 4 is 23.0 Å². The van der Waals surface area contributed by atoms with Gasteiger partial charge in [0, 0.05) is 19.4 Å². The Morgan fingerprint density at radius 1 is 1.09 bits per heavy atom. The Labute approximate surface area is 139 Å². The van der Waals surface area contributed by atoms with Crippen LogP contribution >= 0.6 is 11.3 Å². The molecular formula is C17H19NO4S. The van der Waals surface area contributed by atoms with Gasteiger partial charge < -0.3 is 14.8 Å². The van der Waals surface area contributed by atoms with E-state index >= 15 is 0 Å². The van der Waals surface area contributed by atoms with E-state index in [1.807, 2.05) is 23.6 Å². The molecule has 2 rings (SSSR count). The molecule has 0 atom stereocenters. The van der Waals surface area contributed by atoms with Crippen LogP contribution in [0.2, 0.25) is 0 Å². The lowest BCUT2D eigenvalue weighted by molar-refractivity contribution is -0.121. The summed E-state index contributed by atoms with van der Waals surface area (Å²) in [7, 11) is 3.14. The second-order valence-corrected chi connectivity index (χ2v) is 5.81. The van der Waals surface area contributed by atoms with Crippen LogP contribution in [-0.4, -0.2) is 25.9 Å². The van der Waals surface area contributed by atoms with Crippen molar-refractivity contribution in [3.8, 4) is 11.5 Å². The normalized spacial score (nSPS) is 10.2. The molecule has 0 aliphatic carbocycles. The maximum absolute atomic E-state index is 11.9. The molecule has 23 heavy (non-hydrogen) atoms. The van der Waals surface area contributed by atoms with Gasteiger partial charge in [-0.3, -0.25) is 9.59 Å². The van der Waals surface area contributed by atoms with Gasteiger partial charge in [-0.1, -0.05) is 12.1 Å². The quantitative estimate of drug-likeness (QED) is 0.754. The number of ketones is 1. The van der Waals surface area contributed by atoms with E-state index in [4.69, 9.17) is 9.47 Å². The summed E-state index contributed by atoms with van der Waals surface area (Å²) in [5.41, 5.74) is 0.903. The number of carbonyl (C=O) groups excluding carboxylic acids is 2. The Hall–Kier alpha value is -2.34. The zero-order chi connectivity index (χ0) is 16.7. The third-order valence-electron chi connectivity index (χ3n) is 3.31. The van der Waals surface area contributed by atoms with Crippen molar-refractivity contribution in [2.45, 2.75) is 19.4 Å². The van der Waals surface area contributed by atoms with E-state index in [9.17, 15) is 9.59 Å². The summed E-state index contributed by atoms with van der Waals surface area (Å²) in [6, 6.07) is 9.07. The van der Waals surface area contributed by atoms with Crippen molar-refractivity contribution in [3.63, 3.8) is 0 Å². The predicted octanol–water partition coefficient (Wildman–Crippen LogP) is 3.04. The minimum atomic E-state index is -0.148. The Morgan fingerprint density at radius 2 is 1.87 bits per heavy atom. The Balaban J connectivity index is 1.81. The van der Waals surface area contributed by atoms with E-state index in [0.717, 1.165) is 5.56 Å². The fourth-order valence-corrected chi connectivity index (χ4v) is 2.76. The molecule has 0 unspecified atom stereocenters. The van der Waals surface area contributed by atoms with Crippen LogP contribution in [-0.2, 0) is 11.3 Å². The van der Waals surface area contributed by atoms with Crippen molar-refractivity contribution in [3.05, 3.63) is 46.2 Å². The monoisotopic (exact) mass is 333 g/mol. The molecule has 5 nitrogen and oxygen atoms in total. The van der Waals surface area contributed by atoms with Crippen LogP contribution in [0.25, 0.3) is 0 Å². The van der Waals surface area contributed by atoms with Gasteiger partial charge in [0.25, 0.3) is 0 Å². The summed E-state index contributed by atoms with van der Waals surface area (Å²) in [6.07, 6.45) is 0.405. The number of thiophene rings is 1. The first kappa shape index (κ1) is 17.0. The lowest BCUT2D eigenvalue weighted by atomic mass is 10.1. The van der Waals surface area contributed by atoms with Crippen molar-refractivity contribution < 1.29 is 19.1 Å². The van der Waals surface area contributed by atoms with Crippen LogP contribution in [0.4, 0.5) is 0 Å². The number of hydrogen-bond acceptors (Lipinski definition) is 5. The average molecular weight is 333 g/mol. The standard InChI is InChI=1S/C17H19NO4S/c1-21-14-7-5-12(10-15(14)22-2)11-18-17(20)8-6-13(19)16-4-3-9-23-16/h3-5,7,9-10H,6,8,11H2,1-2H3,(H,18,20). The molecule has 1 heterocycles. The molecule has 0 spiro atoms. The molecule has 2 aromatic rings. The van der Waals surface area contributed by atoms with Crippen molar-refractivity contribution in [1.29, 1.82) is 0 Å². The maximum Gasteiger partial charge on any atom is 0.220 e. The van der Waals surface area contributed by atoms with Gasteiger partial charge in [-0.05, 0) is 29.1 Å². The molecular weight excluding hydrogens is 314 g/mol. The number of nitrogens with one attached hydrogen (secondary N) is 1. The second-order valence-electron chi connectivity index (χ2n) is 4.87.